The Morgan fingerprint density at radius 1 is 1.75 bits per heavy atom. The molecule has 2 heterocycles. The van der Waals surface area contributed by atoms with Gasteiger partial charge in [0.2, 0.25) is 5.91 Å². The number of aromatic nitrogens is 1. The molecule has 2 N–H and O–H groups in total. The topological polar surface area (TPSA) is 67.2 Å². The van der Waals surface area contributed by atoms with E-state index in [2.05, 4.69) is 22.7 Å². The number of carbonyl (C=O) groups excluding carboxylic acids is 1. The quantitative estimate of drug-likeness (QED) is 0.787. The average Bonchev–Trinajstić information content (AvgIpc) is 2.97. The Morgan fingerprint density at radius 3 is 3.19 bits per heavy atom. The van der Waals surface area contributed by atoms with Gasteiger partial charge in [-0.25, -0.2) is 0 Å². The normalized spacial score (nSPS) is 24.6. The zero-order chi connectivity index (χ0) is 11.4. The van der Waals surface area contributed by atoms with Crippen LogP contribution in [0.15, 0.2) is 16.9 Å². The Morgan fingerprint density at radius 2 is 2.62 bits per heavy atom. The van der Waals surface area contributed by atoms with E-state index < -0.39 is 0 Å². The molecule has 1 aliphatic heterocycles. The molecular weight excluding hydrogens is 206 g/mol. The first kappa shape index (κ1) is 11.1. The summed E-state index contributed by atoms with van der Waals surface area (Å²) in [6.07, 6.45) is 3.28. The Balaban J connectivity index is 1.91. The van der Waals surface area contributed by atoms with Crippen molar-refractivity contribution in [3.8, 4) is 0 Å². The molecule has 88 valence electrons. The molecule has 2 rings (SSSR count). The number of nitrogens with one attached hydrogen (secondary N) is 2. The van der Waals surface area contributed by atoms with Crippen LogP contribution in [0, 0.1) is 5.41 Å². The third kappa shape index (κ3) is 2.09. The molecular formula is C11H17N3O2. The van der Waals surface area contributed by atoms with Gasteiger partial charge in [0.15, 0.2) is 0 Å². The number of nitrogens with zero attached hydrogens (tertiary/aromatic N) is 1. The van der Waals surface area contributed by atoms with Crippen molar-refractivity contribution in [1.82, 2.24) is 15.8 Å². The molecule has 16 heavy (non-hydrogen) atoms. The molecule has 0 spiro atoms. The Kier molecular flexibility index (Phi) is 3.24. The molecule has 0 saturated carbocycles. The minimum absolute atomic E-state index is 0.114. The van der Waals surface area contributed by atoms with Crippen LogP contribution in [-0.4, -0.2) is 24.2 Å². The predicted molar refractivity (Wildman–Crippen MR) is 58.6 cm³/mol. The van der Waals surface area contributed by atoms with Crippen molar-refractivity contribution in [2.45, 2.75) is 26.3 Å². The Labute approximate surface area is 94.6 Å². The summed E-state index contributed by atoms with van der Waals surface area (Å²) >= 11 is 0. The highest BCUT2D eigenvalue weighted by Gasteiger charge is 2.39. The summed E-state index contributed by atoms with van der Waals surface area (Å²) < 4.78 is 4.71. The highest BCUT2D eigenvalue weighted by Crippen LogP contribution is 2.29. The van der Waals surface area contributed by atoms with Gasteiger partial charge in [-0.1, -0.05) is 12.1 Å². The van der Waals surface area contributed by atoms with E-state index in [1.165, 1.54) is 6.26 Å². The summed E-state index contributed by atoms with van der Waals surface area (Å²) in [6, 6.07) is 1.76. The number of rotatable bonds is 4. The maximum atomic E-state index is 12.1. The number of hydrogen-bond acceptors (Lipinski definition) is 4. The molecule has 1 aromatic rings. The van der Waals surface area contributed by atoms with E-state index in [0.717, 1.165) is 31.6 Å². The summed E-state index contributed by atoms with van der Waals surface area (Å²) in [4.78, 5) is 12.1. The summed E-state index contributed by atoms with van der Waals surface area (Å²) in [5, 5.41) is 9.92. The minimum atomic E-state index is -0.232. The van der Waals surface area contributed by atoms with Crippen LogP contribution in [-0.2, 0) is 11.3 Å². The maximum Gasteiger partial charge on any atom is 0.227 e. The fourth-order valence-corrected chi connectivity index (χ4v) is 2.09. The van der Waals surface area contributed by atoms with E-state index in [0.29, 0.717) is 6.54 Å². The van der Waals surface area contributed by atoms with Gasteiger partial charge < -0.3 is 15.2 Å². The highest BCUT2D eigenvalue weighted by atomic mass is 16.5. The van der Waals surface area contributed by atoms with Crippen LogP contribution in [0.1, 0.15) is 25.5 Å². The average molecular weight is 223 g/mol. The highest BCUT2D eigenvalue weighted by molar-refractivity contribution is 5.83. The van der Waals surface area contributed by atoms with E-state index >= 15 is 0 Å². The van der Waals surface area contributed by atoms with E-state index in [1.807, 2.05) is 0 Å². The van der Waals surface area contributed by atoms with Gasteiger partial charge in [-0.2, -0.15) is 0 Å². The molecule has 1 fully saturated rings. The number of hydrogen-bond donors (Lipinski definition) is 2. The number of carbonyl (C=O) groups is 1. The third-order valence-corrected chi connectivity index (χ3v) is 3.32. The van der Waals surface area contributed by atoms with E-state index in [1.54, 1.807) is 6.07 Å². The van der Waals surface area contributed by atoms with Crippen LogP contribution >= 0.6 is 0 Å². The maximum absolute atomic E-state index is 12.1. The van der Waals surface area contributed by atoms with Gasteiger partial charge in [-0.3, -0.25) is 4.79 Å². The van der Waals surface area contributed by atoms with Crippen LogP contribution in [0.5, 0.6) is 0 Å². The van der Waals surface area contributed by atoms with Crippen LogP contribution in [0.25, 0.3) is 0 Å². The lowest BCUT2D eigenvalue weighted by molar-refractivity contribution is -0.130. The fraction of sp³-hybridized carbons (Fsp3) is 0.636. The summed E-state index contributed by atoms with van der Waals surface area (Å²) in [7, 11) is 0. The molecule has 0 radical (unpaired) electrons. The first-order valence-corrected chi connectivity index (χ1v) is 5.65. The van der Waals surface area contributed by atoms with Gasteiger partial charge in [-0.15, -0.1) is 0 Å². The Bertz CT molecular complexity index is 342. The molecule has 1 aromatic heterocycles. The second-order valence-corrected chi connectivity index (χ2v) is 4.23. The second-order valence-electron chi connectivity index (χ2n) is 4.23. The standard InChI is InChI=1S/C11H17N3O2/c1-2-11(4-5-12-8-11)10(15)13-7-9-3-6-16-14-9/h3,6,12H,2,4-5,7-8H2,1H3,(H,13,15). The van der Waals surface area contributed by atoms with Crippen molar-refractivity contribution >= 4 is 5.91 Å². The monoisotopic (exact) mass is 223 g/mol. The van der Waals surface area contributed by atoms with Gasteiger partial charge in [0.05, 0.1) is 12.0 Å². The van der Waals surface area contributed by atoms with Crippen molar-refractivity contribution in [2.24, 2.45) is 5.41 Å². The SMILES string of the molecule is CCC1(C(=O)NCc2ccon2)CCNC1. The number of amides is 1. The predicted octanol–water partition coefficient (Wildman–Crippen LogP) is 0.680. The van der Waals surface area contributed by atoms with Crippen molar-refractivity contribution in [1.29, 1.82) is 0 Å². The van der Waals surface area contributed by atoms with Crippen molar-refractivity contribution in [2.75, 3.05) is 13.1 Å². The summed E-state index contributed by atoms with van der Waals surface area (Å²) in [5.41, 5.74) is 0.523. The van der Waals surface area contributed by atoms with Gasteiger partial charge in [0.1, 0.15) is 12.0 Å². The summed E-state index contributed by atoms with van der Waals surface area (Å²) in [6.45, 7) is 4.19. The molecule has 1 saturated heterocycles. The van der Waals surface area contributed by atoms with E-state index in [-0.39, 0.29) is 11.3 Å². The molecule has 1 atom stereocenters. The van der Waals surface area contributed by atoms with E-state index in [9.17, 15) is 4.79 Å². The lowest BCUT2D eigenvalue weighted by Gasteiger charge is -2.24. The molecule has 5 heteroatoms. The zero-order valence-corrected chi connectivity index (χ0v) is 9.45. The molecule has 5 nitrogen and oxygen atoms in total. The molecule has 1 aliphatic rings. The summed E-state index contributed by atoms with van der Waals surface area (Å²) in [5.74, 6) is 0.114. The van der Waals surface area contributed by atoms with Gasteiger partial charge >= 0.3 is 0 Å². The van der Waals surface area contributed by atoms with Crippen LogP contribution in [0.4, 0.5) is 0 Å². The van der Waals surface area contributed by atoms with Crippen LogP contribution in [0.2, 0.25) is 0 Å². The van der Waals surface area contributed by atoms with Gasteiger partial charge in [-0.05, 0) is 19.4 Å². The van der Waals surface area contributed by atoms with Crippen LogP contribution < -0.4 is 10.6 Å². The zero-order valence-electron chi connectivity index (χ0n) is 9.45. The fourth-order valence-electron chi connectivity index (χ4n) is 2.09. The van der Waals surface area contributed by atoms with Gasteiger partial charge in [0, 0.05) is 12.6 Å². The second kappa shape index (κ2) is 4.65. The smallest absolute Gasteiger partial charge is 0.227 e. The molecule has 1 unspecified atom stereocenters. The Hall–Kier alpha value is -1.36. The molecule has 1 amide bonds. The van der Waals surface area contributed by atoms with Gasteiger partial charge in [0.25, 0.3) is 0 Å². The first-order chi connectivity index (χ1) is 7.77. The van der Waals surface area contributed by atoms with Crippen molar-refractivity contribution < 1.29 is 9.32 Å². The first-order valence-electron chi connectivity index (χ1n) is 5.65. The molecule has 0 aromatic carbocycles. The lowest BCUT2D eigenvalue weighted by atomic mass is 9.83. The van der Waals surface area contributed by atoms with Crippen molar-refractivity contribution in [3.05, 3.63) is 18.0 Å². The minimum Gasteiger partial charge on any atom is -0.364 e. The lowest BCUT2D eigenvalue weighted by Crippen LogP contribution is -2.41. The third-order valence-electron chi connectivity index (χ3n) is 3.32. The molecule has 0 bridgehead atoms. The van der Waals surface area contributed by atoms with E-state index in [4.69, 9.17) is 4.52 Å². The van der Waals surface area contributed by atoms with Crippen molar-refractivity contribution in [3.63, 3.8) is 0 Å². The van der Waals surface area contributed by atoms with Crippen LogP contribution in [0.3, 0.4) is 0 Å². The molecule has 0 aliphatic carbocycles. The largest absolute Gasteiger partial charge is 0.364 e.